The van der Waals surface area contributed by atoms with Crippen molar-refractivity contribution < 1.29 is 14.0 Å². The van der Waals surface area contributed by atoms with Crippen molar-refractivity contribution in [3.05, 3.63) is 71.5 Å². The second-order valence-electron chi connectivity index (χ2n) is 7.09. The van der Waals surface area contributed by atoms with E-state index < -0.39 is 0 Å². The molecule has 1 aliphatic heterocycles. The van der Waals surface area contributed by atoms with Gasteiger partial charge in [-0.05, 0) is 25.0 Å². The molecule has 0 saturated carbocycles. The summed E-state index contributed by atoms with van der Waals surface area (Å²) in [6.45, 7) is 3.48. The summed E-state index contributed by atoms with van der Waals surface area (Å²) < 4.78 is 13.8. The SMILES string of the molecule is CCNC(=O)N1CC(C(=O)NCc2ccccc2F)CC(c2ccccc2)C1. The molecule has 2 N–H and O–H groups in total. The van der Waals surface area contributed by atoms with Crippen LogP contribution in [0, 0.1) is 11.7 Å². The second kappa shape index (κ2) is 9.35. The van der Waals surface area contributed by atoms with Crippen LogP contribution in [0.25, 0.3) is 0 Å². The van der Waals surface area contributed by atoms with Gasteiger partial charge in [0.15, 0.2) is 0 Å². The van der Waals surface area contributed by atoms with Crippen molar-refractivity contribution in [2.45, 2.75) is 25.8 Å². The van der Waals surface area contributed by atoms with Crippen LogP contribution in [0.15, 0.2) is 54.6 Å². The van der Waals surface area contributed by atoms with Gasteiger partial charge >= 0.3 is 6.03 Å². The van der Waals surface area contributed by atoms with E-state index >= 15 is 0 Å². The van der Waals surface area contributed by atoms with Gasteiger partial charge in [-0.3, -0.25) is 4.79 Å². The molecule has 1 heterocycles. The zero-order valence-corrected chi connectivity index (χ0v) is 16.0. The number of rotatable bonds is 5. The summed E-state index contributed by atoms with van der Waals surface area (Å²) in [5, 5.41) is 5.65. The third-order valence-electron chi connectivity index (χ3n) is 5.12. The van der Waals surface area contributed by atoms with Crippen LogP contribution in [0.1, 0.15) is 30.4 Å². The number of hydrogen-bond acceptors (Lipinski definition) is 2. The second-order valence-corrected chi connectivity index (χ2v) is 7.09. The van der Waals surface area contributed by atoms with Gasteiger partial charge in [0.2, 0.25) is 5.91 Å². The number of hydrogen-bond donors (Lipinski definition) is 2. The number of likely N-dealkylation sites (tertiary alicyclic amines) is 1. The highest BCUT2D eigenvalue weighted by molar-refractivity contribution is 5.81. The lowest BCUT2D eigenvalue weighted by molar-refractivity contribution is -0.126. The van der Waals surface area contributed by atoms with Gasteiger partial charge in [-0.15, -0.1) is 0 Å². The van der Waals surface area contributed by atoms with E-state index in [9.17, 15) is 14.0 Å². The summed E-state index contributed by atoms with van der Waals surface area (Å²) in [4.78, 5) is 26.9. The molecule has 1 fully saturated rings. The molecule has 2 atom stereocenters. The molecule has 6 heteroatoms. The molecule has 5 nitrogen and oxygen atoms in total. The fraction of sp³-hybridized carbons (Fsp3) is 0.364. The Kier molecular flexibility index (Phi) is 6.63. The van der Waals surface area contributed by atoms with Crippen molar-refractivity contribution in [3.8, 4) is 0 Å². The number of urea groups is 1. The van der Waals surface area contributed by atoms with Gasteiger partial charge in [0.25, 0.3) is 0 Å². The highest BCUT2D eigenvalue weighted by atomic mass is 19.1. The predicted octanol–water partition coefficient (Wildman–Crippen LogP) is 3.28. The average Bonchev–Trinajstić information content (AvgIpc) is 2.73. The van der Waals surface area contributed by atoms with E-state index in [1.54, 1.807) is 23.1 Å². The smallest absolute Gasteiger partial charge is 0.317 e. The molecule has 1 saturated heterocycles. The Morgan fingerprint density at radius 1 is 1.04 bits per heavy atom. The highest BCUT2D eigenvalue weighted by Crippen LogP contribution is 2.30. The largest absolute Gasteiger partial charge is 0.352 e. The van der Waals surface area contributed by atoms with Gasteiger partial charge in [0, 0.05) is 37.7 Å². The summed E-state index contributed by atoms with van der Waals surface area (Å²) in [7, 11) is 0. The van der Waals surface area contributed by atoms with Gasteiger partial charge in [0.05, 0.1) is 5.92 Å². The molecule has 2 aromatic rings. The standard InChI is InChI=1S/C22H26FN3O2/c1-2-24-22(28)26-14-18(16-8-4-3-5-9-16)12-19(15-26)21(27)25-13-17-10-6-7-11-20(17)23/h3-11,18-19H,2,12-15H2,1H3,(H,24,28)(H,25,27). The minimum absolute atomic E-state index is 0.0850. The van der Waals surface area contributed by atoms with E-state index in [-0.39, 0.29) is 36.1 Å². The Morgan fingerprint density at radius 2 is 1.75 bits per heavy atom. The molecule has 0 aromatic heterocycles. The molecular weight excluding hydrogens is 357 g/mol. The zero-order chi connectivity index (χ0) is 19.9. The number of carbonyl (C=O) groups is 2. The van der Waals surface area contributed by atoms with Crippen LogP contribution in [0.4, 0.5) is 9.18 Å². The van der Waals surface area contributed by atoms with Crippen LogP contribution in [-0.4, -0.2) is 36.5 Å². The van der Waals surface area contributed by atoms with E-state index in [4.69, 9.17) is 0 Å². The van der Waals surface area contributed by atoms with Crippen LogP contribution in [0.2, 0.25) is 0 Å². The van der Waals surface area contributed by atoms with Gasteiger partial charge in [-0.25, -0.2) is 9.18 Å². The summed E-state index contributed by atoms with van der Waals surface area (Å²) in [5.74, 6) is -0.745. The first-order valence-electron chi connectivity index (χ1n) is 9.67. The van der Waals surface area contributed by atoms with Crippen LogP contribution in [-0.2, 0) is 11.3 Å². The number of carbonyl (C=O) groups excluding carboxylic acids is 2. The van der Waals surface area contributed by atoms with E-state index in [1.165, 1.54) is 6.07 Å². The minimum atomic E-state index is -0.340. The lowest BCUT2D eigenvalue weighted by Gasteiger charge is -2.37. The Balaban J connectivity index is 1.71. The molecule has 0 aliphatic carbocycles. The van der Waals surface area contributed by atoms with E-state index in [0.717, 1.165) is 5.56 Å². The molecule has 2 unspecified atom stereocenters. The molecule has 0 spiro atoms. The Labute approximate surface area is 164 Å². The molecule has 1 aliphatic rings. The highest BCUT2D eigenvalue weighted by Gasteiger charge is 2.34. The molecule has 0 radical (unpaired) electrons. The van der Waals surface area contributed by atoms with E-state index in [2.05, 4.69) is 10.6 Å². The van der Waals surface area contributed by atoms with Crippen LogP contribution in [0.3, 0.4) is 0 Å². The molecule has 28 heavy (non-hydrogen) atoms. The maximum Gasteiger partial charge on any atom is 0.317 e. The quantitative estimate of drug-likeness (QED) is 0.832. The lowest BCUT2D eigenvalue weighted by Crippen LogP contribution is -2.51. The fourth-order valence-corrected chi connectivity index (χ4v) is 3.65. The number of benzene rings is 2. The van der Waals surface area contributed by atoms with Crippen LogP contribution in [0.5, 0.6) is 0 Å². The number of nitrogens with zero attached hydrogens (tertiary/aromatic N) is 1. The summed E-state index contributed by atoms with van der Waals surface area (Å²) >= 11 is 0. The number of halogens is 1. The third-order valence-corrected chi connectivity index (χ3v) is 5.12. The maximum absolute atomic E-state index is 13.8. The van der Waals surface area contributed by atoms with Crippen molar-refractivity contribution in [2.75, 3.05) is 19.6 Å². The van der Waals surface area contributed by atoms with Gasteiger partial charge in [0.1, 0.15) is 5.82 Å². The van der Waals surface area contributed by atoms with Crippen LogP contribution < -0.4 is 10.6 Å². The van der Waals surface area contributed by atoms with E-state index in [1.807, 2.05) is 37.3 Å². The first kappa shape index (κ1) is 19.9. The van der Waals surface area contributed by atoms with Gasteiger partial charge in [-0.2, -0.15) is 0 Å². The third kappa shape index (κ3) is 4.88. The minimum Gasteiger partial charge on any atom is -0.352 e. The summed E-state index contributed by atoms with van der Waals surface area (Å²) in [5.41, 5.74) is 1.57. The predicted molar refractivity (Wildman–Crippen MR) is 106 cm³/mol. The first-order chi connectivity index (χ1) is 13.6. The fourth-order valence-electron chi connectivity index (χ4n) is 3.65. The summed E-state index contributed by atoms with van der Waals surface area (Å²) in [6, 6.07) is 16.2. The molecule has 0 bridgehead atoms. The Bertz CT molecular complexity index is 812. The van der Waals surface area contributed by atoms with Crippen molar-refractivity contribution in [1.82, 2.24) is 15.5 Å². The summed E-state index contributed by atoms with van der Waals surface area (Å²) in [6.07, 6.45) is 0.656. The van der Waals surface area contributed by atoms with E-state index in [0.29, 0.717) is 31.6 Å². The lowest BCUT2D eigenvalue weighted by atomic mass is 9.84. The topological polar surface area (TPSA) is 61.4 Å². The number of nitrogens with one attached hydrogen (secondary N) is 2. The average molecular weight is 383 g/mol. The monoisotopic (exact) mass is 383 g/mol. The Hall–Kier alpha value is -2.89. The molecule has 148 valence electrons. The van der Waals surface area contributed by atoms with Gasteiger partial charge in [-0.1, -0.05) is 48.5 Å². The van der Waals surface area contributed by atoms with Crippen molar-refractivity contribution >= 4 is 11.9 Å². The molecular formula is C22H26FN3O2. The van der Waals surface area contributed by atoms with Gasteiger partial charge < -0.3 is 15.5 Å². The van der Waals surface area contributed by atoms with Crippen molar-refractivity contribution in [3.63, 3.8) is 0 Å². The van der Waals surface area contributed by atoms with Crippen molar-refractivity contribution in [1.29, 1.82) is 0 Å². The van der Waals surface area contributed by atoms with Crippen LogP contribution >= 0.6 is 0 Å². The first-order valence-corrected chi connectivity index (χ1v) is 9.67. The number of piperidine rings is 1. The molecule has 3 amide bonds. The zero-order valence-electron chi connectivity index (χ0n) is 16.0. The molecule has 2 aromatic carbocycles. The Morgan fingerprint density at radius 3 is 2.46 bits per heavy atom. The molecule has 3 rings (SSSR count). The normalized spacial score (nSPS) is 19.1. The maximum atomic E-state index is 13.8. The van der Waals surface area contributed by atoms with Crippen molar-refractivity contribution in [2.24, 2.45) is 5.92 Å². The number of amides is 3.